The molecule has 1 atom stereocenters. The van der Waals surface area contributed by atoms with Gasteiger partial charge in [-0.3, -0.25) is 0 Å². The van der Waals surface area contributed by atoms with E-state index in [1.807, 2.05) is 0 Å². The Morgan fingerprint density at radius 3 is 2.09 bits per heavy atom. The number of nitrogens with one attached hydrogen (secondary N) is 1. The summed E-state index contributed by atoms with van der Waals surface area (Å²) < 4.78 is 25.1. The number of carbonyl (C=O) groups is 3. The zero-order valence-corrected chi connectivity index (χ0v) is 18.3. The number of aliphatic carboxylic acids is 1. The SMILES string of the molecule is CC1=C(C(=O)O)C(c2ccccc2F)C(C(=O)OCCCOC(=O)c2ccccc2)=C(C)N1. The van der Waals surface area contributed by atoms with E-state index < -0.39 is 29.6 Å². The van der Waals surface area contributed by atoms with Crippen LogP contribution in [0.3, 0.4) is 0 Å². The van der Waals surface area contributed by atoms with E-state index in [4.69, 9.17) is 9.47 Å². The molecule has 2 aromatic rings. The van der Waals surface area contributed by atoms with Crippen molar-refractivity contribution >= 4 is 17.9 Å². The molecule has 172 valence electrons. The van der Waals surface area contributed by atoms with Crippen LogP contribution in [0.15, 0.2) is 77.1 Å². The smallest absolute Gasteiger partial charge is 0.338 e. The normalized spacial score (nSPS) is 15.7. The van der Waals surface area contributed by atoms with Crippen molar-refractivity contribution in [2.75, 3.05) is 13.2 Å². The van der Waals surface area contributed by atoms with Crippen LogP contribution in [-0.2, 0) is 19.1 Å². The summed E-state index contributed by atoms with van der Waals surface area (Å²) in [7, 11) is 0. The number of halogens is 1. The average Bonchev–Trinajstić information content (AvgIpc) is 2.78. The molecule has 1 heterocycles. The van der Waals surface area contributed by atoms with Gasteiger partial charge in [-0.25, -0.2) is 18.8 Å². The summed E-state index contributed by atoms with van der Waals surface area (Å²) in [6.45, 7) is 3.14. The van der Waals surface area contributed by atoms with Crippen LogP contribution < -0.4 is 5.32 Å². The molecule has 8 heteroatoms. The van der Waals surface area contributed by atoms with Crippen LogP contribution in [0, 0.1) is 5.82 Å². The van der Waals surface area contributed by atoms with Gasteiger partial charge in [0.05, 0.1) is 35.8 Å². The second-order valence-electron chi connectivity index (χ2n) is 7.45. The molecule has 1 aliphatic heterocycles. The van der Waals surface area contributed by atoms with Crippen LogP contribution in [0.2, 0.25) is 0 Å². The Labute approximate surface area is 190 Å². The third kappa shape index (κ3) is 5.46. The summed E-state index contributed by atoms with van der Waals surface area (Å²) in [5.41, 5.74) is 1.07. The first-order valence-electron chi connectivity index (χ1n) is 10.4. The third-order valence-electron chi connectivity index (χ3n) is 5.19. The van der Waals surface area contributed by atoms with Gasteiger partial charge in [-0.2, -0.15) is 0 Å². The highest BCUT2D eigenvalue weighted by Crippen LogP contribution is 2.39. The van der Waals surface area contributed by atoms with Crippen LogP contribution in [0.1, 0.15) is 42.1 Å². The molecule has 0 bridgehead atoms. The number of dihydropyridines is 1. The molecular formula is C25H24FNO6. The minimum Gasteiger partial charge on any atom is -0.478 e. The second kappa shape index (κ2) is 10.6. The first-order valence-corrected chi connectivity index (χ1v) is 10.4. The number of hydrogen-bond donors (Lipinski definition) is 2. The third-order valence-corrected chi connectivity index (χ3v) is 5.19. The van der Waals surface area contributed by atoms with Crippen molar-refractivity contribution in [3.05, 3.63) is 94.1 Å². The lowest BCUT2D eigenvalue weighted by molar-refractivity contribution is -0.139. The van der Waals surface area contributed by atoms with Gasteiger partial charge < -0.3 is 19.9 Å². The molecule has 2 N–H and O–H groups in total. The minimum atomic E-state index is -1.26. The van der Waals surface area contributed by atoms with E-state index >= 15 is 0 Å². The molecule has 33 heavy (non-hydrogen) atoms. The minimum absolute atomic E-state index is 0.0179. The van der Waals surface area contributed by atoms with Crippen LogP contribution in [0.4, 0.5) is 4.39 Å². The van der Waals surface area contributed by atoms with Gasteiger partial charge in [0.15, 0.2) is 0 Å². The zero-order chi connectivity index (χ0) is 24.0. The second-order valence-corrected chi connectivity index (χ2v) is 7.45. The number of carboxylic acid groups (broad SMARTS) is 1. The molecule has 2 aromatic carbocycles. The number of carbonyl (C=O) groups excluding carboxylic acids is 2. The summed E-state index contributed by atoms with van der Waals surface area (Å²) in [6.07, 6.45) is 0.245. The fourth-order valence-electron chi connectivity index (χ4n) is 3.69. The first-order chi connectivity index (χ1) is 15.8. The van der Waals surface area contributed by atoms with E-state index in [0.29, 0.717) is 17.0 Å². The number of esters is 2. The lowest BCUT2D eigenvalue weighted by Gasteiger charge is -2.29. The molecule has 0 saturated heterocycles. The molecule has 0 radical (unpaired) electrons. The fraction of sp³-hybridized carbons (Fsp3) is 0.240. The summed E-state index contributed by atoms with van der Waals surface area (Å²) in [6, 6.07) is 14.2. The van der Waals surface area contributed by atoms with E-state index in [1.54, 1.807) is 50.2 Å². The first kappa shape index (κ1) is 23.7. The fourth-order valence-corrected chi connectivity index (χ4v) is 3.69. The van der Waals surface area contributed by atoms with Crippen molar-refractivity contribution in [1.82, 2.24) is 5.32 Å². The van der Waals surface area contributed by atoms with Gasteiger partial charge in [0.2, 0.25) is 0 Å². The maximum atomic E-state index is 14.6. The number of hydrogen-bond acceptors (Lipinski definition) is 6. The maximum Gasteiger partial charge on any atom is 0.338 e. The van der Waals surface area contributed by atoms with Gasteiger partial charge in [-0.15, -0.1) is 0 Å². The quantitative estimate of drug-likeness (QED) is 0.461. The Balaban J connectivity index is 1.70. The molecule has 1 unspecified atom stereocenters. The topological polar surface area (TPSA) is 102 Å². The van der Waals surface area contributed by atoms with Crippen LogP contribution in [-0.4, -0.2) is 36.2 Å². The van der Waals surface area contributed by atoms with E-state index in [1.165, 1.54) is 18.2 Å². The summed E-state index contributed by atoms with van der Waals surface area (Å²) >= 11 is 0. The van der Waals surface area contributed by atoms with Crippen LogP contribution in [0.25, 0.3) is 0 Å². The predicted octanol–water partition coefficient (Wildman–Crippen LogP) is 3.94. The van der Waals surface area contributed by atoms with E-state index in [2.05, 4.69) is 5.32 Å². The predicted molar refractivity (Wildman–Crippen MR) is 118 cm³/mol. The van der Waals surface area contributed by atoms with E-state index in [-0.39, 0.29) is 36.3 Å². The number of ether oxygens (including phenoxy) is 2. The number of carboxylic acids is 1. The Hall–Kier alpha value is -3.94. The van der Waals surface area contributed by atoms with Crippen molar-refractivity contribution in [3.63, 3.8) is 0 Å². The van der Waals surface area contributed by atoms with Crippen molar-refractivity contribution in [2.24, 2.45) is 0 Å². The summed E-state index contributed by atoms with van der Waals surface area (Å²) in [5.74, 6) is -4.27. The van der Waals surface area contributed by atoms with Gasteiger partial charge in [-0.05, 0) is 32.0 Å². The van der Waals surface area contributed by atoms with Crippen molar-refractivity contribution in [3.8, 4) is 0 Å². The Morgan fingerprint density at radius 1 is 0.879 bits per heavy atom. The van der Waals surface area contributed by atoms with Gasteiger partial charge in [-0.1, -0.05) is 36.4 Å². The standard InChI is InChI=1S/C25H24FNO6/c1-15-20(23(28)29)22(18-11-6-7-12-19(18)26)21(16(2)27-15)25(31)33-14-8-13-32-24(30)17-9-4-3-5-10-17/h3-7,9-12,22,27H,8,13-14H2,1-2H3,(H,28,29). The average molecular weight is 453 g/mol. The zero-order valence-electron chi connectivity index (χ0n) is 18.3. The van der Waals surface area contributed by atoms with Crippen molar-refractivity contribution in [1.29, 1.82) is 0 Å². The number of allylic oxidation sites excluding steroid dienone is 2. The highest BCUT2D eigenvalue weighted by atomic mass is 19.1. The lowest BCUT2D eigenvalue weighted by Crippen LogP contribution is -2.32. The maximum absolute atomic E-state index is 14.6. The van der Waals surface area contributed by atoms with E-state index in [0.717, 1.165) is 0 Å². The van der Waals surface area contributed by atoms with Gasteiger partial charge in [0, 0.05) is 23.4 Å². The number of rotatable bonds is 8. The van der Waals surface area contributed by atoms with Gasteiger partial charge >= 0.3 is 17.9 Å². The molecule has 0 amide bonds. The lowest BCUT2D eigenvalue weighted by atomic mass is 9.80. The highest BCUT2D eigenvalue weighted by molar-refractivity contribution is 5.99. The monoisotopic (exact) mass is 453 g/mol. The largest absolute Gasteiger partial charge is 0.478 e. The Bertz CT molecular complexity index is 1120. The van der Waals surface area contributed by atoms with Crippen molar-refractivity contribution in [2.45, 2.75) is 26.2 Å². The molecule has 0 spiro atoms. The molecule has 0 saturated carbocycles. The molecule has 3 rings (SSSR count). The van der Waals surface area contributed by atoms with Crippen LogP contribution in [0.5, 0.6) is 0 Å². The number of benzene rings is 2. The molecule has 7 nitrogen and oxygen atoms in total. The molecule has 1 aliphatic rings. The van der Waals surface area contributed by atoms with Gasteiger partial charge in [0.25, 0.3) is 0 Å². The van der Waals surface area contributed by atoms with E-state index in [9.17, 15) is 23.9 Å². The van der Waals surface area contributed by atoms with Gasteiger partial charge in [0.1, 0.15) is 5.82 Å². The highest BCUT2D eigenvalue weighted by Gasteiger charge is 2.38. The molecular weight excluding hydrogens is 429 g/mol. The summed E-state index contributed by atoms with van der Waals surface area (Å²) in [5, 5.41) is 12.6. The Kier molecular flexibility index (Phi) is 7.61. The molecule has 0 aliphatic carbocycles. The Morgan fingerprint density at radius 2 is 1.45 bits per heavy atom. The molecule has 0 aromatic heterocycles. The molecule has 0 fully saturated rings. The van der Waals surface area contributed by atoms with Crippen molar-refractivity contribution < 1.29 is 33.4 Å². The van der Waals surface area contributed by atoms with Crippen LogP contribution >= 0.6 is 0 Å². The summed E-state index contributed by atoms with van der Waals surface area (Å²) in [4.78, 5) is 36.9.